The van der Waals surface area contributed by atoms with E-state index >= 15 is 0 Å². The van der Waals surface area contributed by atoms with E-state index < -0.39 is 5.97 Å². The summed E-state index contributed by atoms with van der Waals surface area (Å²) < 4.78 is 10.5. The van der Waals surface area contributed by atoms with Gasteiger partial charge in [-0.25, -0.2) is 4.79 Å². The van der Waals surface area contributed by atoms with E-state index in [9.17, 15) is 9.90 Å². The Morgan fingerprint density at radius 3 is 2.70 bits per heavy atom. The molecule has 1 aromatic carbocycles. The Labute approximate surface area is 119 Å². The molecule has 0 unspecified atom stereocenters. The number of esters is 1. The predicted octanol–water partition coefficient (Wildman–Crippen LogP) is 3.21. The first kappa shape index (κ1) is 14.4. The molecule has 1 aliphatic rings. The summed E-state index contributed by atoms with van der Waals surface area (Å²) in [5, 5.41) is 9.96. The van der Waals surface area contributed by atoms with E-state index in [1.54, 1.807) is 6.92 Å². The molecule has 0 aliphatic carbocycles. The van der Waals surface area contributed by atoms with Gasteiger partial charge in [-0.05, 0) is 30.0 Å². The van der Waals surface area contributed by atoms with E-state index in [0.29, 0.717) is 11.3 Å². The number of benzene rings is 1. The SMILES string of the molecule is CCOC(=O)C1=C(O)COc2ccc(C(C)(C)C)cc21. The lowest BCUT2D eigenvalue weighted by atomic mass is 9.84. The second-order valence-corrected chi connectivity index (χ2v) is 5.79. The first-order chi connectivity index (χ1) is 9.34. The number of carbonyl (C=O) groups is 1. The Balaban J connectivity index is 2.54. The van der Waals surface area contributed by atoms with Crippen LogP contribution in [0.5, 0.6) is 5.75 Å². The summed E-state index contributed by atoms with van der Waals surface area (Å²) in [7, 11) is 0. The summed E-state index contributed by atoms with van der Waals surface area (Å²) >= 11 is 0. The summed E-state index contributed by atoms with van der Waals surface area (Å²) in [6.45, 7) is 8.27. The Hall–Kier alpha value is -1.97. The molecule has 0 fully saturated rings. The van der Waals surface area contributed by atoms with Gasteiger partial charge in [-0.3, -0.25) is 0 Å². The van der Waals surface area contributed by atoms with E-state index in [1.807, 2.05) is 18.2 Å². The van der Waals surface area contributed by atoms with Crippen molar-refractivity contribution in [2.24, 2.45) is 0 Å². The molecular weight excluding hydrogens is 256 g/mol. The number of aliphatic hydroxyl groups excluding tert-OH is 1. The molecule has 0 atom stereocenters. The standard InChI is InChI=1S/C16H20O4/c1-5-19-15(18)14-11-8-10(16(2,3)4)6-7-13(11)20-9-12(14)17/h6-8,17H,5,9H2,1-4H3. The molecule has 0 saturated heterocycles. The molecule has 0 spiro atoms. The van der Waals surface area contributed by atoms with Gasteiger partial charge in [0.15, 0.2) is 0 Å². The highest BCUT2D eigenvalue weighted by molar-refractivity contribution is 6.18. The molecule has 1 aliphatic heterocycles. The Kier molecular flexibility index (Phi) is 3.75. The van der Waals surface area contributed by atoms with Gasteiger partial charge < -0.3 is 14.6 Å². The number of hydrogen-bond donors (Lipinski definition) is 1. The Bertz CT molecular complexity index is 564. The quantitative estimate of drug-likeness (QED) is 0.843. The van der Waals surface area contributed by atoms with E-state index in [4.69, 9.17) is 9.47 Å². The predicted molar refractivity (Wildman–Crippen MR) is 76.8 cm³/mol. The van der Waals surface area contributed by atoms with E-state index in [0.717, 1.165) is 5.56 Å². The lowest BCUT2D eigenvalue weighted by molar-refractivity contribution is -0.136. The van der Waals surface area contributed by atoms with Crippen LogP contribution in [0.25, 0.3) is 5.57 Å². The summed E-state index contributed by atoms with van der Waals surface area (Å²) in [6, 6.07) is 5.70. The van der Waals surface area contributed by atoms with Crippen LogP contribution in [0.3, 0.4) is 0 Å². The molecule has 1 heterocycles. The van der Waals surface area contributed by atoms with Crippen LogP contribution in [0.4, 0.5) is 0 Å². The highest BCUT2D eigenvalue weighted by Crippen LogP contribution is 2.36. The number of carbonyl (C=O) groups excluding carboxylic acids is 1. The van der Waals surface area contributed by atoms with Gasteiger partial charge in [-0.15, -0.1) is 0 Å². The number of rotatable bonds is 2. The second kappa shape index (κ2) is 5.19. The van der Waals surface area contributed by atoms with Crippen molar-refractivity contribution >= 4 is 11.5 Å². The number of aliphatic hydroxyl groups is 1. The Morgan fingerprint density at radius 1 is 1.40 bits per heavy atom. The second-order valence-electron chi connectivity index (χ2n) is 5.79. The third-order valence-electron chi connectivity index (χ3n) is 3.25. The van der Waals surface area contributed by atoms with Crippen LogP contribution in [0.15, 0.2) is 24.0 Å². The molecule has 0 amide bonds. The van der Waals surface area contributed by atoms with Crippen molar-refractivity contribution in [1.82, 2.24) is 0 Å². The zero-order chi connectivity index (χ0) is 14.9. The molecule has 0 radical (unpaired) electrons. The minimum atomic E-state index is -0.513. The summed E-state index contributed by atoms with van der Waals surface area (Å²) in [4.78, 5) is 12.0. The van der Waals surface area contributed by atoms with Crippen molar-refractivity contribution in [2.75, 3.05) is 13.2 Å². The summed E-state index contributed by atoms with van der Waals surface area (Å²) in [5.41, 5.74) is 1.82. The zero-order valence-electron chi connectivity index (χ0n) is 12.3. The maximum atomic E-state index is 12.0. The summed E-state index contributed by atoms with van der Waals surface area (Å²) in [5.74, 6) is 0.00136. The van der Waals surface area contributed by atoms with Crippen LogP contribution in [0, 0.1) is 0 Å². The molecular formula is C16H20O4. The van der Waals surface area contributed by atoms with Gasteiger partial charge in [0.05, 0.1) is 6.61 Å². The number of ether oxygens (including phenoxy) is 2. The highest BCUT2D eigenvalue weighted by atomic mass is 16.5. The third-order valence-corrected chi connectivity index (χ3v) is 3.25. The third kappa shape index (κ3) is 2.64. The molecule has 1 N–H and O–H groups in total. The van der Waals surface area contributed by atoms with Crippen molar-refractivity contribution in [1.29, 1.82) is 0 Å². The lowest BCUT2D eigenvalue weighted by Gasteiger charge is -2.24. The fourth-order valence-corrected chi connectivity index (χ4v) is 2.12. The van der Waals surface area contributed by atoms with Gasteiger partial charge in [-0.2, -0.15) is 0 Å². The van der Waals surface area contributed by atoms with Crippen molar-refractivity contribution in [3.63, 3.8) is 0 Å². The fourth-order valence-electron chi connectivity index (χ4n) is 2.12. The van der Waals surface area contributed by atoms with E-state index in [2.05, 4.69) is 20.8 Å². The largest absolute Gasteiger partial charge is 0.508 e. The van der Waals surface area contributed by atoms with Gasteiger partial charge in [0, 0.05) is 5.56 Å². The molecule has 20 heavy (non-hydrogen) atoms. The zero-order valence-corrected chi connectivity index (χ0v) is 12.3. The van der Waals surface area contributed by atoms with E-state index in [-0.39, 0.29) is 30.0 Å². The van der Waals surface area contributed by atoms with Crippen LogP contribution in [-0.4, -0.2) is 24.3 Å². The maximum Gasteiger partial charge on any atom is 0.342 e. The van der Waals surface area contributed by atoms with Gasteiger partial charge in [-0.1, -0.05) is 26.8 Å². The van der Waals surface area contributed by atoms with Crippen molar-refractivity contribution in [3.8, 4) is 5.75 Å². The van der Waals surface area contributed by atoms with Crippen LogP contribution in [0.2, 0.25) is 0 Å². The Morgan fingerprint density at radius 2 is 2.10 bits per heavy atom. The molecule has 108 valence electrons. The van der Waals surface area contributed by atoms with Crippen molar-refractivity contribution in [3.05, 3.63) is 35.1 Å². The van der Waals surface area contributed by atoms with Crippen LogP contribution >= 0.6 is 0 Å². The normalized spacial score (nSPS) is 14.6. The molecule has 1 aromatic rings. The first-order valence-corrected chi connectivity index (χ1v) is 6.71. The molecule has 0 saturated carbocycles. The minimum absolute atomic E-state index is 0.00396. The smallest absolute Gasteiger partial charge is 0.342 e. The van der Waals surface area contributed by atoms with Crippen LogP contribution < -0.4 is 4.74 Å². The fraction of sp³-hybridized carbons (Fsp3) is 0.438. The molecule has 2 rings (SSSR count). The monoisotopic (exact) mass is 276 g/mol. The molecule has 4 nitrogen and oxygen atoms in total. The lowest BCUT2D eigenvalue weighted by Crippen LogP contribution is -2.19. The topological polar surface area (TPSA) is 55.8 Å². The molecule has 0 aromatic heterocycles. The number of fused-ring (bicyclic) bond motifs is 1. The first-order valence-electron chi connectivity index (χ1n) is 6.71. The average molecular weight is 276 g/mol. The van der Waals surface area contributed by atoms with Crippen molar-refractivity contribution in [2.45, 2.75) is 33.1 Å². The maximum absolute atomic E-state index is 12.0. The van der Waals surface area contributed by atoms with Gasteiger partial charge >= 0.3 is 5.97 Å². The van der Waals surface area contributed by atoms with Gasteiger partial charge in [0.1, 0.15) is 23.7 Å². The number of hydrogen-bond acceptors (Lipinski definition) is 4. The highest BCUT2D eigenvalue weighted by Gasteiger charge is 2.28. The van der Waals surface area contributed by atoms with Crippen LogP contribution in [0.1, 0.15) is 38.8 Å². The van der Waals surface area contributed by atoms with Crippen LogP contribution in [-0.2, 0) is 14.9 Å². The summed E-state index contributed by atoms with van der Waals surface area (Å²) in [6.07, 6.45) is 0. The van der Waals surface area contributed by atoms with E-state index in [1.165, 1.54) is 0 Å². The molecule has 0 bridgehead atoms. The van der Waals surface area contributed by atoms with Gasteiger partial charge in [0.25, 0.3) is 0 Å². The average Bonchev–Trinajstić information content (AvgIpc) is 2.37. The molecule has 4 heteroatoms. The van der Waals surface area contributed by atoms with Gasteiger partial charge in [0.2, 0.25) is 0 Å². The van der Waals surface area contributed by atoms with Crippen molar-refractivity contribution < 1.29 is 19.4 Å². The minimum Gasteiger partial charge on any atom is -0.508 e.